The number of aromatic nitrogens is 2. The molecular formula is C22H23N3O3S. The number of hydrogen-bond donors (Lipinski definition) is 1. The quantitative estimate of drug-likeness (QED) is 0.538. The van der Waals surface area contributed by atoms with E-state index in [1.54, 1.807) is 18.3 Å². The molecule has 1 fully saturated rings. The minimum absolute atomic E-state index is 0.193. The molecule has 0 radical (unpaired) electrons. The monoisotopic (exact) mass is 409 g/mol. The molecule has 29 heavy (non-hydrogen) atoms. The van der Waals surface area contributed by atoms with E-state index in [1.165, 1.54) is 24.6 Å². The molecule has 6 nitrogen and oxygen atoms in total. The summed E-state index contributed by atoms with van der Waals surface area (Å²) in [6.07, 6.45) is 6.71. The van der Waals surface area contributed by atoms with Crippen LogP contribution in [0, 0.1) is 6.92 Å². The van der Waals surface area contributed by atoms with Crippen LogP contribution in [0.1, 0.15) is 47.5 Å². The molecule has 0 spiro atoms. The van der Waals surface area contributed by atoms with E-state index in [2.05, 4.69) is 15.5 Å². The second kappa shape index (κ2) is 9.13. The van der Waals surface area contributed by atoms with Crippen molar-refractivity contribution in [1.82, 2.24) is 10.1 Å². The summed E-state index contributed by atoms with van der Waals surface area (Å²) >= 11 is 1.46. The van der Waals surface area contributed by atoms with Gasteiger partial charge in [0.25, 0.3) is 5.91 Å². The van der Waals surface area contributed by atoms with Crippen molar-refractivity contribution in [2.75, 3.05) is 5.32 Å². The number of carbonyl (C=O) groups is 1. The van der Waals surface area contributed by atoms with Gasteiger partial charge in [-0.1, -0.05) is 16.9 Å². The first-order valence-corrected chi connectivity index (χ1v) is 10.7. The zero-order valence-corrected chi connectivity index (χ0v) is 17.1. The van der Waals surface area contributed by atoms with Crippen molar-refractivity contribution in [2.24, 2.45) is 0 Å². The molecular weight excluding hydrogens is 386 g/mol. The summed E-state index contributed by atoms with van der Waals surface area (Å²) in [5.41, 5.74) is 2.08. The first-order valence-electron chi connectivity index (χ1n) is 9.75. The van der Waals surface area contributed by atoms with Crippen LogP contribution >= 0.6 is 11.8 Å². The van der Waals surface area contributed by atoms with E-state index in [0.717, 1.165) is 35.7 Å². The van der Waals surface area contributed by atoms with E-state index in [0.29, 0.717) is 22.4 Å². The van der Waals surface area contributed by atoms with Gasteiger partial charge in [0.1, 0.15) is 16.5 Å². The molecule has 1 aromatic carbocycles. The molecule has 7 heteroatoms. The molecule has 2 aromatic heterocycles. The van der Waals surface area contributed by atoms with Crippen LogP contribution in [0.4, 0.5) is 5.69 Å². The largest absolute Gasteiger partial charge is 0.490 e. The number of carbonyl (C=O) groups excluding carboxylic acids is 1. The lowest BCUT2D eigenvalue weighted by Gasteiger charge is -2.13. The van der Waals surface area contributed by atoms with Crippen molar-refractivity contribution in [2.45, 2.75) is 49.5 Å². The van der Waals surface area contributed by atoms with Crippen LogP contribution in [0.15, 0.2) is 58.2 Å². The molecule has 3 aromatic rings. The van der Waals surface area contributed by atoms with E-state index in [9.17, 15) is 4.79 Å². The number of anilines is 1. The molecule has 4 rings (SSSR count). The van der Waals surface area contributed by atoms with Gasteiger partial charge in [-0.05, 0) is 69.0 Å². The number of amides is 1. The smallest absolute Gasteiger partial charge is 0.258 e. The average Bonchev–Trinajstić information content (AvgIpc) is 3.40. The maximum atomic E-state index is 12.8. The summed E-state index contributed by atoms with van der Waals surface area (Å²) in [7, 11) is 0. The first kappa shape index (κ1) is 19.5. The molecule has 2 heterocycles. The van der Waals surface area contributed by atoms with E-state index in [4.69, 9.17) is 9.26 Å². The molecule has 1 aliphatic rings. The summed E-state index contributed by atoms with van der Waals surface area (Å²) < 4.78 is 11.1. The van der Waals surface area contributed by atoms with Crippen molar-refractivity contribution in [3.05, 3.63) is 65.7 Å². The molecule has 0 saturated heterocycles. The first-order chi connectivity index (χ1) is 14.2. The summed E-state index contributed by atoms with van der Waals surface area (Å²) in [5.74, 6) is 2.00. The number of pyridine rings is 1. The number of rotatable bonds is 7. The third-order valence-corrected chi connectivity index (χ3v) is 5.81. The lowest BCUT2D eigenvalue weighted by atomic mass is 10.2. The van der Waals surface area contributed by atoms with Crippen LogP contribution in [-0.4, -0.2) is 22.2 Å². The Hall–Kier alpha value is -2.80. The van der Waals surface area contributed by atoms with Crippen LogP contribution in [0.5, 0.6) is 5.75 Å². The van der Waals surface area contributed by atoms with Crippen molar-refractivity contribution in [3.63, 3.8) is 0 Å². The second-order valence-electron chi connectivity index (χ2n) is 7.08. The predicted octanol–water partition coefficient (Wildman–Crippen LogP) is 5.24. The number of aryl methyl sites for hydroxylation is 1. The summed E-state index contributed by atoms with van der Waals surface area (Å²) in [4.78, 5) is 17.1. The average molecular weight is 410 g/mol. The SMILES string of the molecule is Cc1cc(CSc2ncccc2C(=O)Nc2ccc(OC3CCCC3)cc2)no1. The molecule has 0 atom stereocenters. The van der Waals surface area contributed by atoms with Gasteiger partial charge in [0.05, 0.1) is 17.4 Å². The Morgan fingerprint density at radius 1 is 1.24 bits per heavy atom. The van der Waals surface area contributed by atoms with E-state index in [-0.39, 0.29) is 5.91 Å². The van der Waals surface area contributed by atoms with Gasteiger partial charge in [0.15, 0.2) is 0 Å². The fourth-order valence-corrected chi connectivity index (χ4v) is 4.19. The van der Waals surface area contributed by atoms with Crippen LogP contribution in [0.25, 0.3) is 0 Å². The summed E-state index contributed by atoms with van der Waals surface area (Å²) in [6.45, 7) is 1.85. The Morgan fingerprint density at radius 3 is 2.76 bits per heavy atom. The van der Waals surface area contributed by atoms with E-state index >= 15 is 0 Å². The highest BCUT2D eigenvalue weighted by atomic mass is 32.2. The zero-order chi connectivity index (χ0) is 20.1. The highest BCUT2D eigenvalue weighted by Gasteiger charge is 2.17. The zero-order valence-electron chi connectivity index (χ0n) is 16.3. The minimum atomic E-state index is -0.193. The maximum Gasteiger partial charge on any atom is 0.258 e. The van der Waals surface area contributed by atoms with Gasteiger partial charge < -0.3 is 14.6 Å². The Kier molecular flexibility index (Phi) is 6.14. The summed E-state index contributed by atoms with van der Waals surface area (Å²) in [5, 5.41) is 7.58. The van der Waals surface area contributed by atoms with Gasteiger partial charge in [-0.25, -0.2) is 4.98 Å². The topological polar surface area (TPSA) is 77.2 Å². The number of benzene rings is 1. The van der Waals surface area contributed by atoms with Crippen LogP contribution in [0.2, 0.25) is 0 Å². The Balaban J connectivity index is 1.39. The number of nitrogens with zero attached hydrogens (tertiary/aromatic N) is 2. The molecule has 1 N–H and O–H groups in total. The van der Waals surface area contributed by atoms with E-state index < -0.39 is 0 Å². The molecule has 150 valence electrons. The Labute approximate surface area is 174 Å². The third kappa shape index (κ3) is 5.17. The lowest BCUT2D eigenvalue weighted by molar-refractivity contribution is 0.102. The fraction of sp³-hybridized carbons (Fsp3) is 0.318. The standard InChI is InChI=1S/C22H23N3O3S/c1-15-13-17(25-28-15)14-29-22-20(7-4-12-23-22)21(26)24-16-8-10-19(11-9-16)27-18-5-2-3-6-18/h4,7-13,18H,2-3,5-6,14H2,1H3,(H,24,26). The van der Waals surface area contributed by atoms with Gasteiger partial charge in [0.2, 0.25) is 0 Å². The molecule has 1 saturated carbocycles. The highest BCUT2D eigenvalue weighted by Crippen LogP contribution is 2.27. The van der Waals surface area contributed by atoms with Crippen LogP contribution in [0.3, 0.4) is 0 Å². The normalized spacial score (nSPS) is 14.1. The van der Waals surface area contributed by atoms with Crippen molar-refractivity contribution >= 4 is 23.4 Å². The second-order valence-corrected chi connectivity index (χ2v) is 8.04. The number of thioether (sulfide) groups is 1. The predicted molar refractivity (Wildman–Crippen MR) is 112 cm³/mol. The lowest BCUT2D eigenvalue weighted by Crippen LogP contribution is -2.14. The highest BCUT2D eigenvalue weighted by molar-refractivity contribution is 7.98. The van der Waals surface area contributed by atoms with Gasteiger partial charge in [-0.2, -0.15) is 0 Å². The number of ether oxygens (including phenoxy) is 1. The Morgan fingerprint density at radius 2 is 2.03 bits per heavy atom. The molecule has 1 amide bonds. The van der Waals surface area contributed by atoms with Gasteiger partial charge in [-0.15, -0.1) is 0 Å². The maximum absolute atomic E-state index is 12.8. The molecule has 0 aliphatic heterocycles. The van der Waals surface area contributed by atoms with Gasteiger partial charge in [-0.3, -0.25) is 4.79 Å². The molecule has 0 unspecified atom stereocenters. The van der Waals surface area contributed by atoms with Crippen molar-refractivity contribution < 1.29 is 14.1 Å². The van der Waals surface area contributed by atoms with Crippen molar-refractivity contribution in [1.29, 1.82) is 0 Å². The van der Waals surface area contributed by atoms with Crippen molar-refractivity contribution in [3.8, 4) is 5.75 Å². The Bertz CT molecular complexity index is 965. The number of hydrogen-bond acceptors (Lipinski definition) is 6. The summed E-state index contributed by atoms with van der Waals surface area (Å²) in [6, 6.07) is 12.9. The molecule has 1 aliphatic carbocycles. The fourth-order valence-electron chi connectivity index (χ4n) is 3.32. The third-order valence-electron chi connectivity index (χ3n) is 4.77. The van der Waals surface area contributed by atoms with Crippen LogP contribution in [-0.2, 0) is 5.75 Å². The molecule has 0 bridgehead atoms. The van der Waals surface area contributed by atoms with Gasteiger partial charge in [0, 0.05) is 23.7 Å². The minimum Gasteiger partial charge on any atom is -0.490 e. The number of nitrogens with one attached hydrogen (secondary N) is 1. The van der Waals surface area contributed by atoms with Crippen LogP contribution < -0.4 is 10.1 Å². The van der Waals surface area contributed by atoms with Gasteiger partial charge >= 0.3 is 0 Å². The van der Waals surface area contributed by atoms with E-state index in [1.807, 2.05) is 37.3 Å².